The fraction of sp³-hybridized carbons (Fsp3) is 0.733. The highest BCUT2D eigenvalue weighted by Crippen LogP contribution is 2.25. The molecule has 1 fully saturated rings. The predicted molar refractivity (Wildman–Crippen MR) is 77.6 cm³/mol. The Bertz CT molecular complexity index is 408. The molecule has 2 unspecified atom stereocenters. The first-order valence-corrected chi connectivity index (χ1v) is 7.42. The molecule has 106 valence electrons. The summed E-state index contributed by atoms with van der Waals surface area (Å²) < 4.78 is 5.60. The lowest BCUT2D eigenvalue weighted by Crippen LogP contribution is -2.27. The summed E-state index contributed by atoms with van der Waals surface area (Å²) in [5.41, 5.74) is 0.951. The van der Waals surface area contributed by atoms with Crippen molar-refractivity contribution in [2.24, 2.45) is 5.92 Å². The van der Waals surface area contributed by atoms with Crippen molar-refractivity contribution >= 4 is 5.95 Å². The topological polar surface area (TPSA) is 47.0 Å². The van der Waals surface area contributed by atoms with Crippen LogP contribution in [0, 0.1) is 12.8 Å². The molecule has 1 heterocycles. The SMILES string of the molecule is CCCOc1cc(C)nc(NC2CCCC(C)C2)n1. The molecule has 0 aliphatic heterocycles. The van der Waals surface area contributed by atoms with E-state index in [1.165, 1.54) is 25.7 Å². The second-order valence-electron chi connectivity index (χ2n) is 5.63. The van der Waals surface area contributed by atoms with Gasteiger partial charge < -0.3 is 10.1 Å². The molecule has 2 rings (SSSR count). The summed E-state index contributed by atoms with van der Waals surface area (Å²) in [5.74, 6) is 2.19. The van der Waals surface area contributed by atoms with Crippen LogP contribution >= 0.6 is 0 Å². The third-order valence-corrected chi connectivity index (χ3v) is 3.55. The van der Waals surface area contributed by atoms with Crippen LogP contribution in [0.2, 0.25) is 0 Å². The number of nitrogens with one attached hydrogen (secondary N) is 1. The van der Waals surface area contributed by atoms with E-state index in [1.54, 1.807) is 0 Å². The molecule has 2 atom stereocenters. The van der Waals surface area contributed by atoms with Crippen LogP contribution in [0.25, 0.3) is 0 Å². The van der Waals surface area contributed by atoms with Crippen LogP contribution in [0.4, 0.5) is 5.95 Å². The number of anilines is 1. The summed E-state index contributed by atoms with van der Waals surface area (Å²) in [5, 5.41) is 3.47. The second kappa shape index (κ2) is 6.73. The second-order valence-corrected chi connectivity index (χ2v) is 5.63. The third kappa shape index (κ3) is 4.37. The van der Waals surface area contributed by atoms with Crippen LogP contribution in [0.15, 0.2) is 6.07 Å². The molecular weight excluding hydrogens is 238 g/mol. The summed E-state index contributed by atoms with van der Waals surface area (Å²) in [6.07, 6.45) is 6.06. The molecule has 0 bridgehead atoms. The van der Waals surface area contributed by atoms with Crippen LogP contribution in [0.1, 0.15) is 51.6 Å². The Hall–Kier alpha value is -1.32. The standard InChI is InChI=1S/C15H25N3O/c1-4-8-19-14-10-12(3)16-15(18-14)17-13-7-5-6-11(2)9-13/h10-11,13H,4-9H2,1-3H3,(H,16,17,18). The highest BCUT2D eigenvalue weighted by molar-refractivity contribution is 5.31. The highest BCUT2D eigenvalue weighted by atomic mass is 16.5. The minimum Gasteiger partial charge on any atom is -0.478 e. The molecule has 1 aromatic heterocycles. The van der Waals surface area contributed by atoms with Gasteiger partial charge in [-0.25, -0.2) is 4.98 Å². The van der Waals surface area contributed by atoms with Gasteiger partial charge in [-0.05, 0) is 32.1 Å². The number of nitrogens with zero attached hydrogens (tertiary/aromatic N) is 2. The lowest BCUT2D eigenvalue weighted by molar-refractivity contribution is 0.304. The van der Waals surface area contributed by atoms with Crippen LogP contribution in [-0.2, 0) is 0 Å². The summed E-state index contributed by atoms with van der Waals surface area (Å²) in [4.78, 5) is 8.90. The number of hydrogen-bond donors (Lipinski definition) is 1. The molecule has 4 heteroatoms. The number of aryl methyl sites for hydroxylation is 1. The highest BCUT2D eigenvalue weighted by Gasteiger charge is 2.19. The Balaban J connectivity index is 2.00. The molecule has 1 aromatic rings. The van der Waals surface area contributed by atoms with Gasteiger partial charge in [0.2, 0.25) is 11.8 Å². The Morgan fingerprint density at radius 2 is 2.21 bits per heavy atom. The fourth-order valence-corrected chi connectivity index (χ4v) is 2.63. The van der Waals surface area contributed by atoms with Crippen molar-refractivity contribution in [3.8, 4) is 5.88 Å². The van der Waals surface area contributed by atoms with E-state index in [9.17, 15) is 0 Å². The number of aromatic nitrogens is 2. The predicted octanol–water partition coefficient (Wildman–Crippen LogP) is 3.56. The first-order valence-electron chi connectivity index (χ1n) is 7.42. The smallest absolute Gasteiger partial charge is 0.226 e. The van der Waals surface area contributed by atoms with Crippen molar-refractivity contribution in [3.05, 3.63) is 11.8 Å². The normalized spacial score (nSPS) is 23.1. The fourth-order valence-electron chi connectivity index (χ4n) is 2.63. The zero-order valence-electron chi connectivity index (χ0n) is 12.3. The average Bonchev–Trinajstić information content (AvgIpc) is 2.35. The average molecular weight is 263 g/mol. The van der Waals surface area contributed by atoms with E-state index in [-0.39, 0.29) is 0 Å². The van der Waals surface area contributed by atoms with Crippen molar-refractivity contribution in [2.45, 2.75) is 58.9 Å². The first-order chi connectivity index (χ1) is 9.17. The Kier molecular flexibility index (Phi) is 5.00. The molecule has 0 aromatic carbocycles. The minimum absolute atomic E-state index is 0.504. The summed E-state index contributed by atoms with van der Waals surface area (Å²) in [6, 6.07) is 2.40. The molecule has 19 heavy (non-hydrogen) atoms. The van der Waals surface area contributed by atoms with Crippen LogP contribution in [0.5, 0.6) is 5.88 Å². The molecule has 4 nitrogen and oxygen atoms in total. The maximum atomic E-state index is 5.60. The van der Waals surface area contributed by atoms with E-state index in [4.69, 9.17) is 4.74 Å². The van der Waals surface area contributed by atoms with E-state index < -0.39 is 0 Å². The van der Waals surface area contributed by atoms with Crippen molar-refractivity contribution < 1.29 is 4.74 Å². The van der Waals surface area contributed by atoms with Crippen LogP contribution in [-0.4, -0.2) is 22.6 Å². The molecule has 1 aliphatic rings. The Morgan fingerprint density at radius 3 is 2.95 bits per heavy atom. The van der Waals surface area contributed by atoms with Crippen molar-refractivity contribution in [1.82, 2.24) is 9.97 Å². The van der Waals surface area contributed by atoms with Gasteiger partial charge in [0, 0.05) is 17.8 Å². The first kappa shape index (κ1) is 14.1. The molecule has 1 N–H and O–H groups in total. The van der Waals surface area contributed by atoms with Crippen molar-refractivity contribution in [3.63, 3.8) is 0 Å². The summed E-state index contributed by atoms with van der Waals surface area (Å²) in [7, 11) is 0. The number of ether oxygens (including phenoxy) is 1. The van der Waals surface area contributed by atoms with E-state index in [1.807, 2.05) is 13.0 Å². The quantitative estimate of drug-likeness (QED) is 0.882. The monoisotopic (exact) mass is 263 g/mol. The van der Waals surface area contributed by atoms with Crippen LogP contribution in [0.3, 0.4) is 0 Å². The number of hydrogen-bond acceptors (Lipinski definition) is 4. The number of rotatable bonds is 5. The van der Waals surface area contributed by atoms with Gasteiger partial charge in [0.25, 0.3) is 0 Å². The van der Waals surface area contributed by atoms with Gasteiger partial charge >= 0.3 is 0 Å². The molecule has 0 radical (unpaired) electrons. The van der Waals surface area contributed by atoms with Gasteiger partial charge in [-0.1, -0.05) is 26.7 Å². The van der Waals surface area contributed by atoms with Crippen molar-refractivity contribution in [1.29, 1.82) is 0 Å². The Morgan fingerprint density at radius 1 is 1.37 bits per heavy atom. The van der Waals surface area contributed by atoms with E-state index >= 15 is 0 Å². The Labute approximate surface area is 116 Å². The zero-order valence-corrected chi connectivity index (χ0v) is 12.3. The van der Waals surface area contributed by atoms with Gasteiger partial charge in [-0.3, -0.25) is 0 Å². The minimum atomic E-state index is 0.504. The molecule has 1 saturated carbocycles. The maximum Gasteiger partial charge on any atom is 0.226 e. The summed E-state index contributed by atoms with van der Waals surface area (Å²) >= 11 is 0. The van der Waals surface area contributed by atoms with Gasteiger partial charge in [0.1, 0.15) is 0 Å². The lowest BCUT2D eigenvalue weighted by atomic mass is 9.87. The van der Waals surface area contributed by atoms with E-state index in [0.717, 1.165) is 18.0 Å². The molecule has 0 amide bonds. The van der Waals surface area contributed by atoms with Gasteiger partial charge in [-0.2, -0.15) is 4.98 Å². The van der Waals surface area contributed by atoms with Crippen LogP contribution < -0.4 is 10.1 Å². The van der Waals surface area contributed by atoms with Crippen molar-refractivity contribution in [2.75, 3.05) is 11.9 Å². The lowest BCUT2D eigenvalue weighted by Gasteiger charge is -2.27. The third-order valence-electron chi connectivity index (χ3n) is 3.55. The van der Waals surface area contributed by atoms with E-state index in [2.05, 4.69) is 29.1 Å². The molecular formula is C15H25N3O. The molecule has 0 saturated heterocycles. The maximum absolute atomic E-state index is 5.60. The van der Waals surface area contributed by atoms with Gasteiger partial charge in [0.15, 0.2) is 0 Å². The largest absolute Gasteiger partial charge is 0.478 e. The van der Waals surface area contributed by atoms with Gasteiger partial charge in [0.05, 0.1) is 6.61 Å². The molecule has 1 aliphatic carbocycles. The summed E-state index contributed by atoms with van der Waals surface area (Å²) in [6.45, 7) is 7.10. The van der Waals surface area contributed by atoms with Gasteiger partial charge in [-0.15, -0.1) is 0 Å². The zero-order chi connectivity index (χ0) is 13.7. The molecule has 0 spiro atoms. The van der Waals surface area contributed by atoms with E-state index in [0.29, 0.717) is 24.5 Å².